The summed E-state index contributed by atoms with van der Waals surface area (Å²) in [6, 6.07) is 9.08. The lowest BCUT2D eigenvalue weighted by Gasteiger charge is -2.11. The van der Waals surface area contributed by atoms with Crippen molar-refractivity contribution in [3.63, 3.8) is 0 Å². The molecular formula is C25H39Cl. The Morgan fingerprint density at radius 2 is 1.42 bits per heavy atom. The molecule has 1 heteroatoms. The van der Waals surface area contributed by atoms with Gasteiger partial charge in [0.1, 0.15) is 0 Å². The molecule has 0 unspecified atom stereocenters. The fraction of sp³-hybridized carbons (Fsp3) is 0.600. The average Bonchev–Trinajstić information content (AvgIpc) is 2.60. The summed E-state index contributed by atoms with van der Waals surface area (Å²) < 4.78 is 0. The van der Waals surface area contributed by atoms with Gasteiger partial charge in [-0.15, -0.1) is 0 Å². The number of benzene rings is 1. The molecule has 0 amide bonds. The Labute approximate surface area is 167 Å². The molecule has 1 aliphatic rings. The first-order valence-corrected chi connectivity index (χ1v) is 10.8. The lowest BCUT2D eigenvalue weighted by atomic mass is 9.98. The molecule has 146 valence electrons. The van der Waals surface area contributed by atoms with E-state index in [4.69, 9.17) is 11.6 Å². The fourth-order valence-electron chi connectivity index (χ4n) is 2.87. The molecule has 0 bridgehead atoms. The summed E-state index contributed by atoms with van der Waals surface area (Å²) in [4.78, 5) is 0. The molecular weight excluding hydrogens is 336 g/mol. The minimum absolute atomic E-state index is 0.647. The van der Waals surface area contributed by atoms with Crippen molar-refractivity contribution in [2.75, 3.05) is 0 Å². The van der Waals surface area contributed by atoms with Gasteiger partial charge in [0.2, 0.25) is 0 Å². The minimum Gasteiger partial charge on any atom is -0.0888 e. The van der Waals surface area contributed by atoms with E-state index in [2.05, 4.69) is 78.0 Å². The van der Waals surface area contributed by atoms with Gasteiger partial charge in [-0.25, -0.2) is 0 Å². The second kappa shape index (κ2) is 12.4. The van der Waals surface area contributed by atoms with E-state index >= 15 is 0 Å². The van der Waals surface area contributed by atoms with Crippen molar-refractivity contribution in [2.45, 2.75) is 86.0 Å². The topological polar surface area (TPSA) is 0 Å². The van der Waals surface area contributed by atoms with Crippen molar-refractivity contribution in [1.82, 2.24) is 0 Å². The Bertz CT molecular complexity index is 558. The third-order valence-corrected chi connectivity index (χ3v) is 5.28. The number of aryl methyl sites for hydroxylation is 1. The highest BCUT2D eigenvalue weighted by Crippen LogP contribution is 2.26. The third-order valence-electron chi connectivity index (χ3n) is 4.85. The van der Waals surface area contributed by atoms with Crippen LogP contribution in [0.15, 0.2) is 47.0 Å². The molecule has 0 aromatic heterocycles. The SMILES string of the molecule is CC(C)CCC1=C(Cl)CCC=C1.CC(C)CCc1ccc(C(C)C)cc1. The molecule has 0 N–H and O–H groups in total. The first kappa shape index (κ1) is 23.0. The normalized spacial score (nSPS) is 14.2. The van der Waals surface area contributed by atoms with E-state index in [0.717, 1.165) is 36.1 Å². The van der Waals surface area contributed by atoms with Crippen molar-refractivity contribution in [3.8, 4) is 0 Å². The number of rotatable bonds is 7. The van der Waals surface area contributed by atoms with Crippen LogP contribution in [0.25, 0.3) is 0 Å². The predicted molar refractivity (Wildman–Crippen MR) is 119 cm³/mol. The van der Waals surface area contributed by atoms with Crippen LogP contribution in [0.5, 0.6) is 0 Å². The van der Waals surface area contributed by atoms with E-state index in [-0.39, 0.29) is 0 Å². The number of allylic oxidation sites excluding steroid dienone is 4. The van der Waals surface area contributed by atoms with E-state index < -0.39 is 0 Å². The van der Waals surface area contributed by atoms with Gasteiger partial charge in [0.25, 0.3) is 0 Å². The molecule has 26 heavy (non-hydrogen) atoms. The Hall–Kier alpha value is -1.01. The zero-order valence-corrected chi connectivity index (χ0v) is 18.6. The van der Waals surface area contributed by atoms with Gasteiger partial charge in [-0.1, -0.05) is 89.6 Å². The van der Waals surface area contributed by atoms with E-state index in [1.807, 2.05) is 0 Å². The Morgan fingerprint density at radius 1 is 0.846 bits per heavy atom. The molecule has 1 aromatic carbocycles. The van der Waals surface area contributed by atoms with Crippen LogP contribution >= 0.6 is 11.6 Å². The fourth-order valence-corrected chi connectivity index (χ4v) is 3.14. The molecule has 0 nitrogen and oxygen atoms in total. The van der Waals surface area contributed by atoms with Crippen LogP contribution in [0.4, 0.5) is 0 Å². The van der Waals surface area contributed by atoms with Gasteiger partial charge in [0, 0.05) is 5.03 Å². The van der Waals surface area contributed by atoms with Gasteiger partial charge in [-0.3, -0.25) is 0 Å². The Balaban J connectivity index is 0.000000263. The van der Waals surface area contributed by atoms with E-state index in [1.165, 1.54) is 36.0 Å². The maximum atomic E-state index is 6.09. The van der Waals surface area contributed by atoms with Crippen LogP contribution in [0.1, 0.15) is 90.7 Å². The lowest BCUT2D eigenvalue weighted by Crippen LogP contribution is -1.93. The largest absolute Gasteiger partial charge is 0.0888 e. The quantitative estimate of drug-likeness (QED) is 0.447. The maximum Gasteiger partial charge on any atom is 0.0215 e. The molecule has 0 heterocycles. The van der Waals surface area contributed by atoms with Crippen LogP contribution in [0.3, 0.4) is 0 Å². The molecule has 1 aliphatic carbocycles. The number of halogens is 1. The summed E-state index contributed by atoms with van der Waals surface area (Å²) >= 11 is 6.09. The second-order valence-electron chi connectivity index (χ2n) is 8.63. The molecule has 0 atom stereocenters. The number of hydrogen-bond donors (Lipinski definition) is 0. The average molecular weight is 375 g/mol. The van der Waals surface area contributed by atoms with Gasteiger partial charge in [0.15, 0.2) is 0 Å². The molecule has 0 saturated heterocycles. The van der Waals surface area contributed by atoms with Crippen molar-refractivity contribution >= 4 is 11.6 Å². The van der Waals surface area contributed by atoms with Gasteiger partial charge >= 0.3 is 0 Å². The van der Waals surface area contributed by atoms with Crippen LogP contribution < -0.4 is 0 Å². The summed E-state index contributed by atoms with van der Waals surface area (Å²) in [5, 5.41) is 1.08. The molecule has 0 radical (unpaired) electrons. The first-order chi connectivity index (χ1) is 12.3. The van der Waals surface area contributed by atoms with Crippen LogP contribution in [-0.2, 0) is 6.42 Å². The maximum absolute atomic E-state index is 6.09. The summed E-state index contributed by atoms with van der Waals surface area (Å²) in [6.45, 7) is 13.5. The van der Waals surface area contributed by atoms with Crippen LogP contribution in [-0.4, -0.2) is 0 Å². The van der Waals surface area contributed by atoms with Crippen LogP contribution in [0, 0.1) is 11.8 Å². The summed E-state index contributed by atoms with van der Waals surface area (Å²) in [5.41, 5.74) is 4.28. The standard InChI is InChI=1S/C14H22.C11H17Cl/c1-11(2)5-6-13-7-9-14(10-8-13)12(3)4;1-9(2)7-8-10-5-3-4-6-11(10)12/h7-12H,5-6H2,1-4H3;3,5,9H,4,6-8H2,1-2H3. The molecule has 0 fully saturated rings. The summed E-state index contributed by atoms with van der Waals surface area (Å²) in [6.07, 6.45) is 11.5. The number of hydrogen-bond acceptors (Lipinski definition) is 0. The van der Waals surface area contributed by atoms with Gasteiger partial charge in [-0.2, -0.15) is 0 Å². The van der Waals surface area contributed by atoms with Gasteiger partial charge in [-0.05, 0) is 73.0 Å². The Morgan fingerprint density at radius 3 is 1.92 bits per heavy atom. The monoisotopic (exact) mass is 374 g/mol. The van der Waals surface area contributed by atoms with Gasteiger partial charge in [0.05, 0.1) is 0 Å². The molecule has 0 aliphatic heterocycles. The zero-order valence-electron chi connectivity index (χ0n) is 17.8. The molecule has 0 saturated carbocycles. The van der Waals surface area contributed by atoms with Crippen molar-refractivity contribution < 1.29 is 0 Å². The third kappa shape index (κ3) is 9.62. The minimum atomic E-state index is 0.647. The first-order valence-electron chi connectivity index (χ1n) is 10.4. The highest BCUT2D eigenvalue weighted by atomic mass is 35.5. The summed E-state index contributed by atoms with van der Waals surface area (Å²) in [5.74, 6) is 2.23. The zero-order chi connectivity index (χ0) is 19.5. The van der Waals surface area contributed by atoms with E-state index in [0.29, 0.717) is 5.92 Å². The Kier molecular flexibility index (Phi) is 11.0. The van der Waals surface area contributed by atoms with Gasteiger partial charge < -0.3 is 0 Å². The van der Waals surface area contributed by atoms with Crippen molar-refractivity contribution in [1.29, 1.82) is 0 Å². The molecule has 1 aromatic rings. The molecule has 0 spiro atoms. The highest BCUT2D eigenvalue weighted by Gasteiger charge is 2.06. The lowest BCUT2D eigenvalue weighted by molar-refractivity contribution is 0.586. The van der Waals surface area contributed by atoms with Crippen molar-refractivity contribution in [3.05, 3.63) is 58.1 Å². The predicted octanol–water partition coefficient (Wildman–Crippen LogP) is 8.66. The highest BCUT2D eigenvalue weighted by molar-refractivity contribution is 6.30. The summed E-state index contributed by atoms with van der Waals surface area (Å²) in [7, 11) is 0. The van der Waals surface area contributed by atoms with Crippen molar-refractivity contribution in [2.24, 2.45) is 11.8 Å². The van der Waals surface area contributed by atoms with E-state index in [1.54, 1.807) is 0 Å². The smallest absolute Gasteiger partial charge is 0.0215 e. The van der Waals surface area contributed by atoms with E-state index in [9.17, 15) is 0 Å². The van der Waals surface area contributed by atoms with Crippen LogP contribution in [0.2, 0.25) is 0 Å². The molecule has 2 rings (SSSR count). The second-order valence-corrected chi connectivity index (χ2v) is 9.09.